The molecule has 5 heteroatoms. The monoisotopic (exact) mass is 392 g/mol. The summed E-state index contributed by atoms with van der Waals surface area (Å²) in [5.74, 6) is -0.264. The summed E-state index contributed by atoms with van der Waals surface area (Å²) in [7, 11) is -3.38. The highest BCUT2D eigenvalue weighted by atomic mass is 32.2. The Balaban J connectivity index is 1.82. The first-order valence-corrected chi connectivity index (χ1v) is 11.7. The van der Waals surface area contributed by atoms with Gasteiger partial charge in [-0.05, 0) is 63.3 Å². The van der Waals surface area contributed by atoms with Crippen LogP contribution in [0.25, 0.3) is 10.4 Å². The number of ketones is 1. The molecule has 0 spiro atoms. The van der Waals surface area contributed by atoms with Gasteiger partial charge in [-0.15, -0.1) is 11.3 Å². The molecule has 1 aromatic heterocycles. The van der Waals surface area contributed by atoms with Gasteiger partial charge in [-0.25, -0.2) is 8.42 Å². The molecule has 0 saturated carbocycles. The molecule has 0 amide bonds. The fourth-order valence-corrected chi connectivity index (χ4v) is 4.93. The average Bonchev–Trinajstić information content (AvgIpc) is 3.00. The molecule has 1 aromatic carbocycles. The Kier molecular flexibility index (Phi) is 6.80. The summed E-state index contributed by atoms with van der Waals surface area (Å²) in [5, 5.41) is 0. The number of carbonyl (C=O) groups is 1. The van der Waals surface area contributed by atoms with Crippen LogP contribution in [0.15, 0.2) is 36.4 Å². The summed E-state index contributed by atoms with van der Waals surface area (Å²) in [6.07, 6.45) is 5.19. The maximum absolute atomic E-state index is 11.9. The van der Waals surface area contributed by atoms with Crippen LogP contribution < -0.4 is 0 Å². The second kappa shape index (κ2) is 8.49. The van der Waals surface area contributed by atoms with Crippen LogP contribution in [0.5, 0.6) is 0 Å². The minimum Gasteiger partial charge on any atom is -0.298 e. The molecule has 2 aromatic rings. The fraction of sp³-hybridized carbons (Fsp3) is 0.476. The van der Waals surface area contributed by atoms with Gasteiger partial charge in [-0.1, -0.05) is 37.1 Å². The highest BCUT2D eigenvalue weighted by molar-refractivity contribution is 7.92. The number of rotatable bonds is 9. The highest BCUT2D eigenvalue weighted by Crippen LogP contribution is 2.28. The van der Waals surface area contributed by atoms with Crippen molar-refractivity contribution in [1.29, 1.82) is 0 Å². The van der Waals surface area contributed by atoms with Gasteiger partial charge in [0.2, 0.25) is 0 Å². The summed E-state index contributed by atoms with van der Waals surface area (Å²) in [4.78, 5) is 14.4. The number of thiophene rings is 1. The molecule has 0 aliphatic heterocycles. The third-order valence-corrected chi connectivity index (χ3v) is 8.34. The Labute approximate surface area is 161 Å². The second-order valence-electron chi connectivity index (χ2n) is 7.23. The maximum atomic E-state index is 11.9. The summed E-state index contributed by atoms with van der Waals surface area (Å²) in [6.45, 7) is 5.04. The van der Waals surface area contributed by atoms with Crippen LogP contribution in [-0.2, 0) is 21.1 Å². The number of unbranched alkanes of at least 4 members (excludes halogenated alkanes) is 2. The molecule has 0 N–H and O–H groups in total. The number of aryl methyl sites for hydroxylation is 2. The lowest BCUT2D eigenvalue weighted by molar-refractivity contribution is -0.119. The number of hydrogen-bond donors (Lipinski definition) is 0. The first kappa shape index (κ1) is 20.8. The molecular formula is C21H28O3S2. The van der Waals surface area contributed by atoms with Crippen LogP contribution in [0.4, 0.5) is 0 Å². The van der Waals surface area contributed by atoms with E-state index < -0.39 is 14.6 Å². The molecule has 1 atom stereocenters. The Morgan fingerprint density at radius 2 is 1.69 bits per heavy atom. The van der Waals surface area contributed by atoms with E-state index >= 15 is 0 Å². The fourth-order valence-electron chi connectivity index (χ4n) is 3.02. The molecule has 0 aliphatic rings. The quantitative estimate of drug-likeness (QED) is 0.550. The lowest BCUT2D eigenvalue weighted by Crippen LogP contribution is -2.41. The van der Waals surface area contributed by atoms with Crippen molar-refractivity contribution in [2.24, 2.45) is 0 Å². The van der Waals surface area contributed by atoms with Gasteiger partial charge in [0, 0.05) is 16.0 Å². The molecule has 0 saturated heterocycles. The third-order valence-electron chi connectivity index (χ3n) is 5.16. The van der Waals surface area contributed by atoms with E-state index in [0.29, 0.717) is 6.42 Å². The van der Waals surface area contributed by atoms with E-state index in [1.54, 1.807) is 18.3 Å². The predicted octanol–water partition coefficient (Wildman–Crippen LogP) is 5.22. The standard InChI is InChI=1S/C21H28O3S2/c1-16-9-14-20(25-16)19-12-10-18(11-13-19)8-6-5-7-15-21(3,17(2)22)26(4,23)24/h9-14H,5-8,15H2,1-4H3. The van der Waals surface area contributed by atoms with Crippen molar-refractivity contribution < 1.29 is 13.2 Å². The van der Waals surface area contributed by atoms with Gasteiger partial charge in [-0.3, -0.25) is 4.79 Å². The molecule has 26 heavy (non-hydrogen) atoms. The molecule has 1 unspecified atom stereocenters. The van der Waals surface area contributed by atoms with Gasteiger partial charge in [0.25, 0.3) is 0 Å². The van der Waals surface area contributed by atoms with Crippen LogP contribution in [0.1, 0.15) is 50.0 Å². The molecule has 0 bridgehead atoms. The lowest BCUT2D eigenvalue weighted by Gasteiger charge is -2.24. The van der Waals surface area contributed by atoms with Crippen LogP contribution in [-0.4, -0.2) is 25.2 Å². The molecule has 0 aliphatic carbocycles. The van der Waals surface area contributed by atoms with Gasteiger partial charge >= 0.3 is 0 Å². The molecule has 1 heterocycles. The zero-order chi connectivity index (χ0) is 19.4. The number of carbonyl (C=O) groups excluding carboxylic acids is 1. The zero-order valence-corrected chi connectivity index (χ0v) is 17.7. The molecule has 142 valence electrons. The lowest BCUT2D eigenvalue weighted by atomic mass is 9.97. The van der Waals surface area contributed by atoms with E-state index in [9.17, 15) is 13.2 Å². The number of sulfone groups is 1. The van der Waals surface area contributed by atoms with Gasteiger partial charge < -0.3 is 0 Å². The van der Waals surface area contributed by atoms with E-state index in [1.165, 1.54) is 27.8 Å². The number of benzene rings is 1. The smallest absolute Gasteiger partial charge is 0.159 e. The van der Waals surface area contributed by atoms with Crippen molar-refractivity contribution in [3.05, 3.63) is 46.8 Å². The summed E-state index contributed by atoms with van der Waals surface area (Å²) in [6, 6.07) is 13.0. The SMILES string of the molecule is CC(=O)C(C)(CCCCCc1ccc(-c2ccc(C)s2)cc1)S(C)(=O)=O. The van der Waals surface area contributed by atoms with E-state index in [4.69, 9.17) is 0 Å². The van der Waals surface area contributed by atoms with Crippen molar-refractivity contribution in [3.63, 3.8) is 0 Å². The van der Waals surface area contributed by atoms with E-state index in [-0.39, 0.29) is 5.78 Å². The summed E-state index contributed by atoms with van der Waals surface area (Å²) in [5.41, 5.74) is 2.54. The molecule has 0 fully saturated rings. The van der Waals surface area contributed by atoms with Crippen molar-refractivity contribution in [3.8, 4) is 10.4 Å². The van der Waals surface area contributed by atoms with Crippen molar-refractivity contribution in [2.75, 3.05) is 6.26 Å². The summed E-state index contributed by atoms with van der Waals surface area (Å²) < 4.78 is 22.6. The first-order valence-electron chi connectivity index (χ1n) is 9.00. The summed E-state index contributed by atoms with van der Waals surface area (Å²) >= 11 is 1.80. The van der Waals surface area contributed by atoms with Gasteiger partial charge in [0.1, 0.15) is 4.75 Å². The third kappa shape index (κ3) is 5.04. The largest absolute Gasteiger partial charge is 0.298 e. The van der Waals surface area contributed by atoms with Crippen molar-refractivity contribution in [2.45, 2.75) is 57.6 Å². The van der Waals surface area contributed by atoms with Crippen LogP contribution in [0, 0.1) is 6.92 Å². The van der Waals surface area contributed by atoms with Gasteiger partial charge in [0.05, 0.1) is 0 Å². The first-order chi connectivity index (χ1) is 12.1. The van der Waals surface area contributed by atoms with Crippen LogP contribution in [0.3, 0.4) is 0 Å². The van der Waals surface area contributed by atoms with Gasteiger partial charge in [-0.2, -0.15) is 0 Å². The van der Waals surface area contributed by atoms with E-state index in [0.717, 1.165) is 31.9 Å². The normalized spacial score (nSPS) is 14.2. The maximum Gasteiger partial charge on any atom is 0.159 e. The second-order valence-corrected chi connectivity index (χ2v) is 11.0. The minimum absolute atomic E-state index is 0.264. The number of hydrogen-bond acceptors (Lipinski definition) is 4. The molecule has 2 rings (SSSR count). The zero-order valence-electron chi connectivity index (χ0n) is 16.0. The highest BCUT2D eigenvalue weighted by Gasteiger charge is 2.39. The average molecular weight is 393 g/mol. The molecule has 3 nitrogen and oxygen atoms in total. The van der Waals surface area contributed by atoms with Crippen LogP contribution in [0.2, 0.25) is 0 Å². The van der Waals surface area contributed by atoms with Crippen LogP contribution >= 0.6 is 11.3 Å². The minimum atomic E-state index is -3.38. The Hall–Kier alpha value is -1.46. The van der Waals surface area contributed by atoms with Crippen molar-refractivity contribution >= 4 is 27.0 Å². The number of Topliss-reactive ketones (excluding diaryl/α,β-unsaturated/α-hetero) is 1. The Morgan fingerprint density at radius 3 is 2.19 bits per heavy atom. The molecule has 0 radical (unpaired) electrons. The van der Waals surface area contributed by atoms with E-state index in [2.05, 4.69) is 43.3 Å². The predicted molar refractivity (Wildman–Crippen MR) is 111 cm³/mol. The Morgan fingerprint density at radius 1 is 1.04 bits per heavy atom. The van der Waals surface area contributed by atoms with Crippen molar-refractivity contribution in [1.82, 2.24) is 0 Å². The van der Waals surface area contributed by atoms with E-state index in [1.807, 2.05) is 0 Å². The molecular weight excluding hydrogens is 364 g/mol. The Bertz CT molecular complexity index is 848. The topological polar surface area (TPSA) is 51.2 Å². The van der Waals surface area contributed by atoms with Gasteiger partial charge in [0.15, 0.2) is 15.6 Å².